The normalized spacial score (nSPS) is 18.9. The van der Waals surface area contributed by atoms with Crippen LogP contribution < -0.4 is 5.73 Å². The second-order valence-electron chi connectivity index (χ2n) is 7.03. The van der Waals surface area contributed by atoms with Gasteiger partial charge >= 0.3 is 0 Å². The van der Waals surface area contributed by atoms with Crippen molar-refractivity contribution in [3.05, 3.63) is 35.1 Å². The van der Waals surface area contributed by atoms with Gasteiger partial charge in [-0.25, -0.2) is 4.39 Å². The molecule has 0 atom stereocenters. The van der Waals surface area contributed by atoms with Gasteiger partial charge in [-0.2, -0.15) is 0 Å². The Bertz CT molecular complexity index is 515. The average Bonchev–Trinajstić information content (AvgIpc) is 2.40. The molecular weight excluding hydrogens is 265 g/mol. The molecule has 0 spiro atoms. The molecule has 0 aliphatic heterocycles. The number of hydrogen-bond donors (Lipinski definition) is 2. The maximum absolute atomic E-state index is 14.1. The Morgan fingerprint density at radius 3 is 2.52 bits per heavy atom. The number of nitrogens with zero attached hydrogens (tertiary/aromatic N) is 1. The predicted octanol–water partition coefficient (Wildman–Crippen LogP) is 3.51. The molecule has 116 valence electrons. The van der Waals surface area contributed by atoms with E-state index in [1.54, 1.807) is 12.1 Å². The molecule has 0 radical (unpaired) electrons. The van der Waals surface area contributed by atoms with E-state index in [2.05, 4.69) is 25.8 Å². The second kappa shape index (κ2) is 6.14. The molecule has 0 aromatic heterocycles. The SMILES string of the molecule is CN(Cc1ccc(C(=N)N)cc1F)C1CCC(C)(C)CC1. The summed E-state index contributed by atoms with van der Waals surface area (Å²) in [6.07, 6.45) is 4.81. The minimum atomic E-state index is -0.273. The molecule has 1 fully saturated rings. The summed E-state index contributed by atoms with van der Waals surface area (Å²) < 4.78 is 14.1. The number of nitrogen functional groups attached to an aromatic ring is 1. The van der Waals surface area contributed by atoms with Crippen molar-refractivity contribution < 1.29 is 4.39 Å². The summed E-state index contributed by atoms with van der Waals surface area (Å²) in [4.78, 5) is 2.25. The maximum atomic E-state index is 14.1. The van der Waals surface area contributed by atoms with Crippen LogP contribution in [-0.2, 0) is 6.54 Å². The maximum Gasteiger partial charge on any atom is 0.128 e. The summed E-state index contributed by atoms with van der Waals surface area (Å²) in [6, 6.07) is 5.36. The molecule has 2 rings (SSSR count). The number of hydrogen-bond acceptors (Lipinski definition) is 2. The topological polar surface area (TPSA) is 53.1 Å². The number of amidine groups is 1. The Hall–Kier alpha value is -1.42. The van der Waals surface area contributed by atoms with Crippen molar-refractivity contribution in [2.24, 2.45) is 11.1 Å². The minimum absolute atomic E-state index is 0.0942. The molecule has 1 aromatic carbocycles. The quantitative estimate of drug-likeness (QED) is 0.659. The lowest BCUT2D eigenvalue weighted by Crippen LogP contribution is -2.36. The van der Waals surface area contributed by atoms with Gasteiger partial charge in [0.2, 0.25) is 0 Å². The highest BCUT2D eigenvalue weighted by molar-refractivity contribution is 5.94. The Morgan fingerprint density at radius 1 is 1.38 bits per heavy atom. The summed E-state index contributed by atoms with van der Waals surface area (Å²) in [5, 5.41) is 7.34. The molecule has 21 heavy (non-hydrogen) atoms. The van der Waals surface area contributed by atoms with E-state index in [0.717, 1.165) is 0 Å². The number of nitrogens with two attached hydrogens (primary N) is 1. The molecule has 1 aliphatic rings. The highest BCUT2D eigenvalue weighted by Crippen LogP contribution is 2.36. The van der Waals surface area contributed by atoms with Crippen LogP contribution in [0.25, 0.3) is 0 Å². The van der Waals surface area contributed by atoms with Gasteiger partial charge in [-0.3, -0.25) is 10.3 Å². The van der Waals surface area contributed by atoms with Crippen LogP contribution in [0.15, 0.2) is 18.2 Å². The van der Waals surface area contributed by atoms with Crippen LogP contribution in [-0.4, -0.2) is 23.8 Å². The van der Waals surface area contributed by atoms with Gasteiger partial charge in [-0.15, -0.1) is 0 Å². The third-order valence-corrected chi connectivity index (χ3v) is 4.72. The third kappa shape index (κ3) is 4.03. The lowest BCUT2D eigenvalue weighted by molar-refractivity contribution is 0.122. The van der Waals surface area contributed by atoms with Gasteiger partial charge in [0.15, 0.2) is 0 Å². The van der Waals surface area contributed by atoms with Crippen molar-refractivity contribution in [3.63, 3.8) is 0 Å². The third-order valence-electron chi connectivity index (χ3n) is 4.72. The van der Waals surface area contributed by atoms with Gasteiger partial charge in [0, 0.05) is 23.7 Å². The fourth-order valence-electron chi connectivity index (χ4n) is 3.07. The summed E-state index contributed by atoms with van der Waals surface area (Å²) in [7, 11) is 2.07. The zero-order valence-electron chi connectivity index (χ0n) is 13.2. The van der Waals surface area contributed by atoms with Crippen molar-refractivity contribution in [2.75, 3.05) is 7.05 Å². The fourth-order valence-corrected chi connectivity index (χ4v) is 3.07. The molecule has 1 aliphatic carbocycles. The molecule has 1 saturated carbocycles. The zero-order valence-corrected chi connectivity index (χ0v) is 13.2. The first-order valence-corrected chi connectivity index (χ1v) is 7.61. The van der Waals surface area contributed by atoms with E-state index in [-0.39, 0.29) is 11.7 Å². The Morgan fingerprint density at radius 2 is 2.00 bits per heavy atom. The van der Waals surface area contributed by atoms with Gasteiger partial charge in [0.25, 0.3) is 0 Å². The van der Waals surface area contributed by atoms with Crippen LogP contribution in [0.1, 0.15) is 50.7 Å². The van der Waals surface area contributed by atoms with Crippen LogP contribution in [0, 0.1) is 16.6 Å². The molecular formula is C17H26FN3. The van der Waals surface area contributed by atoms with Crippen molar-refractivity contribution >= 4 is 5.84 Å². The van der Waals surface area contributed by atoms with Gasteiger partial charge in [0.1, 0.15) is 11.7 Å². The standard InChI is InChI=1S/C17H26FN3/c1-17(2)8-6-14(7-9-17)21(3)11-13-5-4-12(16(19)20)10-15(13)18/h4-5,10,14H,6-9,11H2,1-3H3,(H3,19,20). The average molecular weight is 291 g/mol. The van der Waals surface area contributed by atoms with Crippen molar-refractivity contribution in [3.8, 4) is 0 Å². The van der Waals surface area contributed by atoms with Crippen LogP contribution in [0.4, 0.5) is 4.39 Å². The Balaban J connectivity index is 2.00. The van der Waals surface area contributed by atoms with Crippen LogP contribution in [0.3, 0.4) is 0 Å². The first kappa shape index (κ1) is 16.0. The predicted molar refractivity (Wildman–Crippen MR) is 84.9 cm³/mol. The van der Waals surface area contributed by atoms with Gasteiger partial charge in [0.05, 0.1) is 0 Å². The van der Waals surface area contributed by atoms with Crippen LogP contribution in [0.2, 0.25) is 0 Å². The van der Waals surface area contributed by atoms with E-state index in [9.17, 15) is 4.39 Å². The first-order chi connectivity index (χ1) is 9.78. The molecule has 0 bridgehead atoms. The van der Waals surface area contributed by atoms with Crippen molar-refractivity contribution in [2.45, 2.75) is 52.1 Å². The fraction of sp³-hybridized carbons (Fsp3) is 0.588. The van der Waals surface area contributed by atoms with Crippen molar-refractivity contribution in [1.82, 2.24) is 4.90 Å². The second-order valence-corrected chi connectivity index (χ2v) is 7.03. The lowest BCUT2D eigenvalue weighted by Gasteiger charge is -2.38. The molecule has 0 heterocycles. The highest BCUT2D eigenvalue weighted by Gasteiger charge is 2.28. The lowest BCUT2D eigenvalue weighted by atomic mass is 9.75. The minimum Gasteiger partial charge on any atom is -0.384 e. The Kier molecular flexibility index (Phi) is 4.67. The molecule has 0 amide bonds. The van der Waals surface area contributed by atoms with E-state index < -0.39 is 0 Å². The monoisotopic (exact) mass is 291 g/mol. The number of rotatable bonds is 4. The van der Waals surface area contributed by atoms with Gasteiger partial charge in [-0.05, 0) is 44.2 Å². The van der Waals surface area contributed by atoms with Gasteiger partial charge in [-0.1, -0.05) is 26.0 Å². The van der Waals surface area contributed by atoms with E-state index in [4.69, 9.17) is 11.1 Å². The van der Waals surface area contributed by atoms with Gasteiger partial charge < -0.3 is 5.73 Å². The van der Waals surface area contributed by atoms with Crippen LogP contribution >= 0.6 is 0 Å². The Labute approximate surface area is 126 Å². The summed E-state index contributed by atoms with van der Waals surface area (Å²) in [5.41, 5.74) is 6.95. The first-order valence-electron chi connectivity index (χ1n) is 7.61. The number of nitrogens with one attached hydrogen (secondary N) is 1. The summed E-state index contributed by atoms with van der Waals surface area (Å²) >= 11 is 0. The van der Waals surface area contributed by atoms with Crippen LogP contribution in [0.5, 0.6) is 0 Å². The molecule has 0 saturated heterocycles. The van der Waals surface area contributed by atoms with E-state index in [1.807, 2.05) is 0 Å². The largest absolute Gasteiger partial charge is 0.384 e. The summed E-state index contributed by atoms with van der Waals surface area (Å²) in [5.74, 6) is -0.367. The van der Waals surface area contributed by atoms with E-state index in [1.165, 1.54) is 31.7 Å². The summed E-state index contributed by atoms with van der Waals surface area (Å²) in [6.45, 7) is 5.25. The zero-order chi connectivity index (χ0) is 15.6. The van der Waals surface area contributed by atoms with E-state index in [0.29, 0.717) is 29.1 Å². The molecule has 3 N–H and O–H groups in total. The number of benzene rings is 1. The molecule has 4 heteroatoms. The smallest absolute Gasteiger partial charge is 0.128 e. The molecule has 3 nitrogen and oxygen atoms in total. The number of halogens is 1. The van der Waals surface area contributed by atoms with E-state index >= 15 is 0 Å². The van der Waals surface area contributed by atoms with Crippen molar-refractivity contribution in [1.29, 1.82) is 5.41 Å². The highest BCUT2D eigenvalue weighted by atomic mass is 19.1. The molecule has 0 unspecified atom stereocenters. The molecule has 1 aromatic rings.